The molecule has 2 aromatic carbocycles. The molecule has 1 aliphatic heterocycles. The molecular weight excluding hydrogens is 562 g/mol. The van der Waals surface area contributed by atoms with Crippen LogP contribution in [-0.2, 0) is 4.79 Å². The van der Waals surface area contributed by atoms with Gasteiger partial charge in [-0.05, 0) is 69.8 Å². The molecule has 1 heterocycles. The lowest BCUT2D eigenvalue weighted by molar-refractivity contribution is -0.111. The zero-order valence-corrected chi connectivity index (χ0v) is 18.2. The Morgan fingerprint density at radius 3 is 2.27 bits per heavy atom. The minimum atomic E-state index is -0.386. The second kappa shape index (κ2) is 8.16. The van der Waals surface area contributed by atoms with Crippen LogP contribution in [0.15, 0.2) is 57.8 Å². The maximum Gasteiger partial charge on any atom is 0.218 e. The van der Waals surface area contributed by atoms with Crippen LogP contribution >= 0.6 is 45.2 Å². The average molecular weight is 577 g/mol. The number of hydrogen-bond donors (Lipinski definition) is 0. The smallest absolute Gasteiger partial charge is 0.218 e. The van der Waals surface area contributed by atoms with E-state index in [1.165, 1.54) is 12.1 Å². The van der Waals surface area contributed by atoms with Crippen LogP contribution in [0.1, 0.15) is 24.5 Å². The Labute approximate surface area is 178 Å². The summed E-state index contributed by atoms with van der Waals surface area (Å²) >= 11 is 3.97. The summed E-state index contributed by atoms with van der Waals surface area (Å²) in [6.07, 6.45) is 0.764. The van der Waals surface area contributed by atoms with Gasteiger partial charge in [-0.2, -0.15) is 0 Å². The van der Waals surface area contributed by atoms with Crippen LogP contribution in [0.4, 0.5) is 8.78 Å². The minimum absolute atomic E-state index is 0.204. The van der Waals surface area contributed by atoms with Crippen LogP contribution in [0.5, 0.6) is 0 Å². The van der Waals surface area contributed by atoms with Crippen LogP contribution in [0, 0.1) is 11.6 Å². The van der Waals surface area contributed by atoms with Gasteiger partial charge in [0.1, 0.15) is 17.3 Å². The van der Waals surface area contributed by atoms with Gasteiger partial charge < -0.3 is 4.90 Å². The lowest BCUT2D eigenvalue weighted by Gasteiger charge is -2.24. The quantitative estimate of drug-likeness (QED) is 0.321. The van der Waals surface area contributed by atoms with Crippen LogP contribution in [0.25, 0.3) is 9.28 Å². The first-order valence-corrected chi connectivity index (χ1v) is 10.2. The first-order chi connectivity index (χ1) is 12.5. The van der Waals surface area contributed by atoms with Crippen LogP contribution in [-0.4, -0.2) is 17.2 Å². The number of ketones is 1. The third-order valence-corrected chi connectivity index (χ3v) is 6.15. The third kappa shape index (κ3) is 3.45. The van der Waals surface area contributed by atoms with Crippen molar-refractivity contribution in [3.63, 3.8) is 0 Å². The maximum atomic E-state index is 14.4. The number of benzene rings is 2. The molecule has 0 aliphatic carbocycles. The second-order valence-corrected chi connectivity index (χ2v) is 7.92. The number of allylic oxidation sites excluding steroid dienone is 1. The molecule has 134 valence electrons. The molecular formula is C20H15F2I2NO. The molecule has 0 saturated heterocycles. The van der Waals surface area contributed by atoms with E-state index in [-0.39, 0.29) is 17.4 Å². The SMILES string of the molecule is CCCN1C(c2ccccc2F)=C(I)C(=O)/C1=C(\I)c1ccccc1F. The van der Waals surface area contributed by atoms with Crippen molar-refractivity contribution in [1.29, 1.82) is 0 Å². The van der Waals surface area contributed by atoms with E-state index < -0.39 is 0 Å². The second-order valence-electron chi connectivity index (χ2n) is 5.77. The highest BCUT2D eigenvalue weighted by atomic mass is 127. The molecule has 3 rings (SSSR count). The van der Waals surface area contributed by atoms with Gasteiger partial charge in [0.05, 0.1) is 12.9 Å². The zero-order chi connectivity index (χ0) is 18.8. The Morgan fingerprint density at radius 2 is 1.65 bits per heavy atom. The van der Waals surface area contributed by atoms with Gasteiger partial charge >= 0.3 is 0 Å². The number of carbonyl (C=O) groups excluding carboxylic acids is 1. The largest absolute Gasteiger partial charge is 0.336 e. The summed E-state index contributed by atoms with van der Waals surface area (Å²) in [6, 6.07) is 12.8. The summed E-state index contributed by atoms with van der Waals surface area (Å²) in [7, 11) is 0. The number of carbonyl (C=O) groups is 1. The topological polar surface area (TPSA) is 20.3 Å². The van der Waals surface area contributed by atoms with Crippen molar-refractivity contribution in [1.82, 2.24) is 4.90 Å². The molecule has 0 fully saturated rings. The van der Waals surface area contributed by atoms with E-state index in [0.29, 0.717) is 36.2 Å². The molecule has 0 saturated carbocycles. The number of Topliss-reactive ketones (excluding diaryl/α,β-unsaturated/α-hetero) is 1. The molecule has 0 unspecified atom stereocenters. The standard InChI is InChI=1S/C20H15F2I2NO/c1-2-11-25-18(13-8-4-6-10-15(13)22)17(24)20(26)19(25)16(23)12-7-3-5-9-14(12)21/h3-10H,2,11H2,1H3/b19-16+. The predicted octanol–water partition coefficient (Wildman–Crippen LogP) is 6.17. The van der Waals surface area contributed by atoms with Crippen LogP contribution < -0.4 is 0 Å². The summed E-state index contributed by atoms with van der Waals surface area (Å²) in [5.74, 6) is -0.972. The highest BCUT2D eigenvalue weighted by Gasteiger charge is 2.37. The lowest BCUT2D eigenvalue weighted by atomic mass is 10.1. The van der Waals surface area contributed by atoms with E-state index in [9.17, 15) is 13.6 Å². The predicted molar refractivity (Wildman–Crippen MR) is 117 cm³/mol. The van der Waals surface area contributed by atoms with E-state index in [4.69, 9.17) is 0 Å². The van der Waals surface area contributed by atoms with Gasteiger partial charge in [-0.1, -0.05) is 37.3 Å². The Bertz CT molecular complexity index is 937. The maximum absolute atomic E-state index is 14.4. The van der Waals surface area contributed by atoms with Gasteiger partial charge in [0.15, 0.2) is 0 Å². The van der Waals surface area contributed by atoms with Crippen LogP contribution in [0.2, 0.25) is 0 Å². The summed E-state index contributed by atoms with van der Waals surface area (Å²) in [6.45, 7) is 2.53. The number of nitrogens with zero attached hydrogens (tertiary/aromatic N) is 1. The number of hydrogen-bond acceptors (Lipinski definition) is 2. The summed E-state index contributed by atoms with van der Waals surface area (Å²) < 4.78 is 29.7. The molecule has 26 heavy (non-hydrogen) atoms. The highest BCUT2D eigenvalue weighted by molar-refractivity contribution is 14.1. The van der Waals surface area contributed by atoms with Gasteiger partial charge in [-0.25, -0.2) is 8.78 Å². The first-order valence-electron chi connectivity index (χ1n) is 8.09. The van der Waals surface area contributed by atoms with Crippen molar-refractivity contribution in [3.8, 4) is 0 Å². The Balaban J connectivity index is 2.21. The highest BCUT2D eigenvalue weighted by Crippen LogP contribution is 2.44. The van der Waals surface area contributed by atoms with E-state index in [0.717, 1.165) is 6.42 Å². The Kier molecular flexibility index (Phi) is 6.11. The molecule has 0 bridgehead atoms. The average Bonchev–Trinajstić information content (AvgIpc) is 2.86. The van der Waals surface area contributed by atoms with E-state index in [1.807, 2.05) is 57.0 Å². The van der Waals surface area contributed by atoms with Gasteiger partial charge in [0, 0.05) is 17.7 Å². The summed E-state index contributed by atoms with van der Waals surface area (Å²) in [4.78, 5) is 14.8. The fourth-order valence-corrected chi connectivity index (χ4v) is 4.72. The summed E-state index contributed by atoms with van der Waals surface area (Å²) in [5, 5.41) is 0. The molecule has 6 heteroatoms. The molecule has 0 aromatic heterocycles. The van der Waals surface area contributed by atoms with E-state index >= 15 is 0 Å². The molecule has 2 aromatic rings. The van der Waals surface area contributed by atoms with Gasteiger partial charge in [-0.3, -0.25) is 4.79 Å². The molecule has 0 spiro atoms. The van der Waals surface area contributed by atoms with Gasteiger partial charge in [0.25, 0.3) is 0 Å². The van der Waals surface area contributed by atoms with Crippen molar-refractivity contribution in [3.05, 3.63) is 80.6 Å². The van der Waals surface area contributed by atoms with E-state index in [1.54, 1.807) is 36.4 Å². The molecule has 2 nitrogen and oxygen atoms in total. The van der Waals surface area contributed by atoms with E-state index in [2.05, 4.69) is 0 Å². The molecule has 1 aliphatic rings. The van der Waals surface area contributed by atoms with Crippen molar-refractivity contribution in [2.45, 2.75) is 13.3 Å². The van der Waals surface area contributed by atoms with Crippen molar-refractivity contribution in [2.24, 2.45) is 0 Å². The molecule has 0 N–H and O–H groups in total. The number of rotatable bonds is 4. The molecule has 0 amide bonds. The van der Waals surface area contributed by atoms with Crippen molar-refractivity contribution in [2.75, 3.05) is 6.54 Å². The van der Waals surface area contributed by atoms with Crippen LogP contribution in [0.3, 0.4) is 0 Å². The zero-order valence-electron chi connectivity index (χ0n) is 13.9. The van der Waals surface area contributed by atoms with Crippen molar-refractivity contribution < 1.29 is 13.6 Å². The fraction of sp³-hybridized carbons (Fsp3) is 0.150. The molecule has 0 radical (unpaired) electrons. The number of halogens is 4. The van der Waals surface area contributed by atoms with Gasteiger partial charge in [0.2, 0.25) is 5.78 Å². The van der Waals surface area contributed by atoms with Crippen molar-refractivity contribution >= 4 is 60.2 Å². The monoisotopic (exact) mass is 577 g/mol. The normalized spacial score (nSPS) is 16.5. The summed E-state index contributed by atoms with van der Waals surface area (Å²) in [5.41, 5.74) is 1.71. The molecule has 0 atom stereocenters. The Hall–Kier alpha value is -1.29. The Morgan fingerprint density at radius 1 is 1.04 bits per heavy atom. The fourth-order valence-electron chi connectivity index (χ4n) is 2.91. The lowest BCUT2D eigenvalue weighted by Crippen LogP contribution is -2.22. The third-order valence-electron chi connectivity index (χ3n) is 4.06. The minimum Gasteiger partial charge on any atom is -0.336 e. The van der Waals surface area contributed by atoms with Gasteiger partial charge in [-0.15, -0.1) is 0 Å². The first kappa shape index (κ1) is 19.5.